The summed E-state index contributed by atoms with van der Waals surface area (Å²) in [6.07, 6.45) is 0. The lowest BCUT2D eigenvalue weighted by atomic mass is 10.0. The minimum Gasteiger partial charge on any atom is -0.456 e. The van der Waals surface area contributed by atoms with Crippen molar-refractivity contribution in [2.75, 3.05) is 0 Å². The Morgan fingerprint density at radius 3 is 1.75 bits per heavy atom. The lowest BCUT2D eigenvalue weighted by molar-refractivity contribution is 0.669. The summed E-state index contributed by atoms with van der Waals surface area (Å²) in [6, 6.07) is 56.2. The standard InChI is InChI=1S/C49H27N5OS2/c1-3-12-28(13-4-1)46-52-47(29-14-5-2-6-15-29)54-49(53-46)36-18-11-19-37-42(36)34-25-22-30(26-38(34)55-37)43-45-44(35-17-8-10-21-40(35)57-45)51-48(50-43)31-23-24-33-32-16-7-9-20-39(32)56-41(33)27-31/h1-27H. The van der Waals surface area contributed by atoms with E-state index < -0.39 is 0 Å². The van der Waals surface area contributed by atoms with Crippen molar-refractivity contribution in [3.05, 3.63) is 164 Å². The van der Waals surface area contributed by atoms with Gasteiger partial charge in [-0.2, -0.15) is 0 Å². The minimum absolute atomic E-state index is 0.586. The molecule has 0 aliphatic carbocycles. The van der Waals surface area contributed by atoms with Gasteiger partial charge in [-0.1, -0.05) is 127 Å². The first-order valence-corrected chi connectivity index (χ1v) is 20.3. The molecular weight excluding hydrogens is 739 g/mol. The van der Waals surface area contributed by atoms with Crippen molar-refractivity contribution >= 4 is 85.1 Å². The number of aromatic nitrogens is 5. The van der Waals surface area contributed by atoms with E-state index in [2.05, 4.69) is 91.0 Å². The number of rotatable bonds is 5. The molecule has 0 saturated carbocycles. The highest BCUT2D eigenvalue weighted by Gasteiger charge is 2.21. The van der Waals surface area contributed by atoms with E-state index in [9.17, 15) is 0 Å². The van der Waals surface area contributed by atoms with Crippen LogP contribution >= 0.6 is 22.7 Å². The van der Waals surface area contributed by atoms with Gasteiger partial charge >= 0.3 is 0 Å². The third-order valence-electron chi connectivity index (χ3n) is 10.6. The Morgan fingerprint density at radius 1 is 0.368 bits per heavy atom. The molecule has 8 heteroatoms. The van der Waals surface area contributed by atoms with E-state index >= 15 is 0 Å². The van der Waals surface area contributed by atoms with Crippen molar-refractivity contribution in [2.24, 2.45) is 0 Å². The van der Waals surface area contributed by atoms with Crippen molar-refractivity contribution in [2.45, 2.75) is 0 Å². The molecule has 0 aliphatic rings. The van der Waals surface area contributed by atoms with E-state index in [1.165, 1.54) is 24.9 Å². The van der Waals surface area contributed by atoms with Gasteiger partial charge in [0.15, 0.2) is 23.3 Å². The zero-order valence-electron chi connectivity index (χ0n) is 30.0. The molecule has 57 heavy (non-hydrogen) atoms. The predicted octanol–water partition coefficient (Wildman–Crippen LogP) is 13.6. The van der Waals surface area contributed by atoms with Crippen LogP contribution in [0.25, 0.3) is 119 Å². The molecule has 5 heterocycles. The second-order valence-corrected chi connectivity index (χ2v) is 16.1. The van der Waals surface area contributed by atoms with Gasteiger partial charge < -0.3 is 4.42 Å². The zero-order valence-corrected chi connectivity index (χ0v) is 31.7. The summed E-state index contributed by atoms with van der Waals surface area (Å²) in [5.41, 5.74) is 8.04. The molecular formula is C49H27N5OS2. The molecule has 0 amide bonds. The van der Waals surface area contributed by atoms with Crippen LogP contribution in [0, 0.1) is 0 Å². The summed E-state index contributed by atoms with van der Waals surface area (Å²) in [7, 11) is 0. The monoisotopic (exact) mass is 765 g/mol. The number of hydrogen-bond donors (Lipinski definition) is 0. The fraction of sp³-hybridized carbons (Fsp3) is 0. The Kier molecular flexibility index (Phi) is 7.17. The fourth-order valence-electron chi connectivity index (χ4n) is 7.87. The third-order valence-corrected chi connectivity index (χ3v) is 12.9. The highest BCUT2D eigenvalue weighted by molar-refractivity contribution is 7.26. The van der Waals surface area contributed by atoms with Gasteiger partial charge in [0.2, 0.25) is 0 Å². The number of furan rings is 1. The first-order valence-electron chi connectivity index (χ1n) is 18.7. The third kappa shape index (κ3) is 5.26. The predicted molar refractivity (Wildman–Crippen MR) is 236 cm³/mol. The Hall–Kier alpha value is -7.13. The molecule has 12 rings (SSSR count). The molecule has 0 unspecified atom stereocenters. The van der Waals surface area contributed by atoms with Crippen molar-refractivity contribution < 1.29 is 4.42 Å². The van der Waals surface area contributed by atoms with Gasteiger partial charge in [0.05, 0.1) is 15.9 Å². The van der Waals surface area contributed by atoms with Gasteiger partial charge in [-0.3, -0.25) is 0 Å². The van der Waals surface area contributed by atoms with Crippen LogP contribution in [0.4, 0.5) is 0 Å². The van der Waals surface area contributed by atoms with Gasteiger partial charge in [0, 0.05) is 68.8 Å². The van der Waals surface area contributed by atoms with Crippen molar-refractivity contribution in [3.8, 4) is 56.8 Å². The molecule has 0 fully saturated rings. The Balaban J connectivity index is 1.04. The topological polar surface area (TPSA) is 77.6 Å². The summed E-state index contributed by atoms with van der Waals surface area (Å²) in [4.78, 5) is 25.6. The summed E-state index contributed by atoms with van der Waals surface area (Å²) in [5, 5.41) is 5.58. The van der Waals surface area contributed by atoms with E-state index in [1.54, 1.807) is 22.7 Å². The minimum atomic E-state index is 0.586. The van der Waals surface area contributed by atoms with Gasteiger partial charge in [-0.25, -0.2) is 24.9 Å². The maximum absolute atomic E-state index is 6.66. The molecule has 6 nitrogen and oxygen atoms in total. The molecule has 266 valence electrons. The normalized spacial score (nSPS) is 11.9. The molecule has 7 aromatic carbocycles. The van der Waals surface area contributed by atoms with Gasteiger partial charge in [-0.05, 0) is 36.4 Å². The Bertz CT molecular complexity index is 3480. The number of nitrogens with zero attached hydrogens (tertiary/aromatic N) is 5. The van der Waals surface area contributed by atoms with Crippen LogP contribution in [0.3, 0.4) is 0 Å². The molecule has 12 aromatic rings. The largest absolute Gasteiger partial charge is 0.456 e. The van der Waals surface area contributed by atoms with E-state index in [0.717, 1.165) is 71.1 Å². The molecule has 0 atom stereocenters. The van der Waals surface area contributed by atoms with Gasteiger partial charge in [-0.15, -0.1) is 22.7 Å². The zero-order chi connectivity index (χ0) is 37.5. The van der Waals surface area contributed by atoms with E-state index in [-0.39, 0.29) is 0 Å². The van der Waals surface area contributed by atoms with Crippen LogP contribution in [0.5, 0.6) is 0 Å². The highest BCUT2D eigenvalue weighted by atomic mass is 32.1. The number of thiophene rings is 2. The second-order valence-electron chi connectivity index (χ2n) is 14.0. The van der Waals surface area contributed by atoms with E-state index in [1.807, 2.05) is 72.8 Å². The molecule has 5 aromatic heterocycles. The van der Waals surface area contributed by atoms with Crippen molar-refractivity contribution in [3.63, 3.8) is 0 Å². The lowest BCUT2D eigenvalue weighted by Gasteiger charge is -2.09. The molecule has 0 aliphatic heterocycles. The molecule has 0 radical (unpaired) electrons. The number of hydrogen-bond acceptors (Lipinski definition) is 8. The van der Waals surface area contributed by atoms with Crippen LogP contribution in [-0.2, 0) is 0 Å². The average Bonchev–Trinajstić information content (AvgIpc) is 3.97. The Labute approximate surface area is 333 Å². The molecule has 0 N–H and O–H groups in total. The second kappa shape index (κ2) is 12.7. The first kappa shape index (κ1) is 32.1. The van der Waals surface area contributed by atoms with E-state index in [4.69, 9.17) is 29.3 Å². The summed E-state index contributed by atoms with van der Waals surface area (Å²) >= 11 is 3.53. The van der Waals surface area contributed by atoms with Crippen molar-refractivity contribution in [1.29, 1.82) is 0 Å². The van der Waals surface area contributed by atoms with Crippen LogP contribution in [-0.4, -0.2) is 24.9 Å². The van der Waals surface area contributed by atoms with Crippen LogP contribution in [0.1, 0.15) is 0 Å². The van der Waals surface area contributed by atoms with Crippen LogP contribution in [0.2, 0.25) is 0 Å². The quantitative estimate of drug-likeness (QED) is 0.174. The Morgan fingerprint density at radius 2 is 0.982 bits per heavy atom. The summed E-state index contributed by atoms with van der Waals surface area (Å²) in [6.45, 7) is 0. The van der Waals surface area contributed by atoms with Gasteiger partial charge in [0.1, 0.15) is 11.2 Å². The van der Waals surface area contributed by atoms with Crippen LogP contribution in [0.15, 0.2) is 168 Å². The summed E-state index contributed by atoms with van der Waals surface area (Å²) < 4.78 is 11.4. The van der Waals surface area contributed by atoms with E-state index in [0.29, 0.717) is 23.3 Å². The van der Waals surface area contributed by atoms with Gasteiger partial charge in [0.25, 0.3) is 0 Å². The summed E-state index contributed by atoms with van der Waals surface area (Å²) in [5.74, 6) is 2.52. The maximum atomic E-state index is 6.66. The van der Waals surface area contributed by atoms with Crippen LogP contribution < -0.4 is 0 Å². The highest BCUT2D eigenvalue weighted by Crippen LogP contribution is 2.43. The molecule has 0 bridgehead atoms. The maximum Gasteiger partial charge on any atom is 0.164 e. The number of benzene rings is 7. The van der Waals surface area contributed by atoms with Crippen molar-refractivity contribution in [1.82, 2.24) is 24.9 Å². The first-order chi connectivity index (χ1) is 28.2. The molecule has 0 spiro atoms. The lowest BCUT2D eigenvalue weighted by Crippen LogP contribution is -2.00. The smallest absolute Gasteiger partial charge is 0.164 e. The number of fused-ring (bicyclic) bond motifs is 9. The fourth-order valence-corrected chi connectivity index (χ4v) is 10.2. The average molecular weight is 766 g/mol. The SMILES string of the molecule is c1ccc(-c2nc(-c3ccccc3)nc(-c3cccc4oc5cc(-c6nc(-c7ccc8c(c7)sc7ccccc78)nc7c6sc6ccccc67)ccc5c34)n2)cc1. The molecule has 0 saturated heterocycles.